The standard InChI is InChI=1S/C12H12N4O2S/c13-10-5-7(3-4-15-10)1-2-9(17)12-16-8(6-19-12)11(14)18/h3-6H,1-2H2,(H2,13,15)(H2,14,18). The zero-order chi connectivity index (χ0) is 13.8. The zero-order valence-electron chi connectivity index (χ0n) is 10.00. The Hall–Kier alpha value is -2.28. The summed E-state index contributed by atoms with van der Waals surface area (Å²) in [5.74, 6) is -0.319. The number of anilines is 1. The number of nitrogen functional groups attached to an aromatic ring is 1. The molecule has 0 aliphatic heterocycles. The molecule has 2 heterocycles. The van der Waals surface area contributed by atoms with Gasteiger partial charge in [0.05, 0.1) is 0 Å². The molecule has 7 heteroatoms. The lowest BCUT2D eigenvalue weighted by atomic mass is 10.1. The molecule has 2 aromatic rings. The number of pyridine rings is 1. The maximum Gasteiger partial charge on any atom is 0.268 e. The van der Waals surface area contributed by atoms with E-state index in [1.807, 2.05) is 0 Å². The summed E-state index contributed by atoms with van der Waals surface area (Å²) in [4.78, 5) is 30.6. The number of primary amides is 1. The molecule has 98 valence electrons. The molecule has 0 unspecified atom stereocenters. The minimum absolute atomic E-state index is 0.118. The van der Waals surface area contributed by atoms with Gasteiger partial charge in [0.1, 0.15) is 11.5 Å². The molecule has 6 nitrogen and oxygen atoms in total. The second kappa shape index (κ2) is 5.57. The number of Topliss-reactive ketones (excluding diaryl/α,β-unsaturated/α-hetero) is 1. The van der Waals surface area contributed by atoms with Crippen LogP contribution in [0.4, 0.5) is 5.82 Å². The van der Waals surface area contributed by atoms with Gasteiger partial charge < -0.3 is 11.5 Å². The Morgan fingerprint density at radius 3 is 2.79 bits per heavy atom. The normalized spacial score (nSPS) is 10.3. The van der Waals surface area contributed by atoms with Crippen molar-refractivity contribution in [3.63, 3.8) is 0 Å². The summed E-state index contributed by atoms with van der Waals surface area (Å²) in [6.45, 7) is 0. The predicted molar refractivity (Wildman–Crippen MR) is 71.9 cm³/mol. The van der Waals surface area contributed by atoms with Crippen molar-refractivity contribution in [3.8, 4) is 0 Å². The van der Waals surface area contributed by atoms with Crippen molar-refractivity contribution in [2.75, 3.05) is 5.73 Å². The van der Waals surface area contributed by atoms with Gasteiger partial charge in [-0.2, -0.15) is 0 Å². The van der Waals surface area contributed by atoms with Crippen LogP contribution in [0, 0.1) is 0 Å². The van der Waals surface area contributed by atoms with Gasteiger partial charge in [-0.3, -0.25) is 9.59 Å². The predicted octanol–water partition coefficient (Wildman–Crippen LogP) is 1.03. The number of nitrogens with zero attached hydrogens (tertiary/aromatic N) is 2. The average molecular weight is 276 g/mol. The van der Waals surface area contributed by atoms with Crippen LogP contribution in [0.3, 0.4) is 0 Å². The van der Waals surface area contributed by atoms with Crippen molar-refractivity contribution in [1.29, 1.82) is 0 Å². The van der Waals surface area contributed by atoms with Gasteiger partial charge in [-0.05, 0) is 24.1 Å². The van der Waals surface area contributed by atoms with Crippen LogP contribution in [-0.4, -0.2) is 21.7 Å². The number of carbonyl (C=O) groups excluding carboxylic acids is 2. The van der Waals surface area contributed by atoms with Crippen LogP contribution in [0.2, 0.25) is 0 Å². The first-order valence-corrected chi connectivity index (χ1v) is 6.43. The van der Waals surface area contributed by atoms with Gasteiger partial charge >= 0.3 is 0 Å². The topological polar surface area (TPSA) is 112 Å². The molecule has 0 bridgehead atoms. The van der Waals surface area contributed by atoms with Gasteiger partial charge in [0.2, 0.25) is 0 Å². The highest BCUT2D eigenvalue weighted by Crippen LogP contribution is 2.14. The van der Waals surface area contributed by atoms with Crippen molar-refractivity contribution in [2.45, 2.75) is 12.8 Å². The molecular weight excluding hydrogens is 264 g/mol. The fraction of sp³-hybridized carbons (Fsp3) is 0.167. The lowest BCUT2D eigenvalue weighted by molar-refractivity contribution is 0.0982. The molecule has 0 radical (unpaired) electrons. The van der Waals surface area contributed by atoms with Crippen LogP contribution < -0.4 is 11.5 Å². The molecule has 0 spiro atoms. The maximum absolute atomic E-state index is 11.9. The lowest BCUT2D eigenvalue weighted by Crippen LogP contribution is -2.12. The number of amides is 1. The third kappa shape index (κ3) is 3.35. The number of hydrogen-bond acceptors (Lipinski definition) is 6. The number of nitrogens with two attached hydrogens (primary N) is 2. The second-order valence-corrected chi connectivity index (χ2v) is 4.77. The van der Waals surface area contributed by atoms with Crippen LogP contribution >= 0.6 is 11.3 Å². The summed E-state index contributed by atoms with van der Waals surface area (Å²) in [5.41, 5.74) is 11.7. The molecule has 4 N–H and O–H groups in total. The first-order chi connectivity index (χ1) is 9.06. The smallest absolute Gasteiger partial charge is 0.268 e. The Bertz CT molecular complexity index is 624. The summed E-state index contributed by atoms with van der Waals surface area (Å²) < 4.78 is 0. The Kier molecular flexibility index (Phi) is 3.86. The average Bonchev–Trinajstić information content (AvgIpc) is 2.86. The number of carbonyl (C=O) groups is 2. The molecule has 0 aliphatic carbocycles. The van der Waals surface area contributed by atoms with Crippen molar-refractivity contribution in [1.82, 2.24) is 9.97 Å². The number of hydrogen-bond donors (Lipinski definition) is 2. The Labute approximate surface area is 113 Å². The van der Waals surface area contributed by atoms with Crippen LogP contribution in [0.5, 0.6) is 0 Å². The largest absolute Gasteiger partial charge is 0.384 e. The molecule has 2 rings (SSSR count). The fourth-order valence-corrected chi connectivity index (χ4v) is 2.31. The Morgan fingerprint density at radius 2 is 2.16 bits per heavy atom. The molecule has 0 aromatic carbocycles. The zero-order valence-corrected chi connectivity index (χ0v) is 10.8. The van der Waals surface area contributed by atoms with E-state index in [9.17, 15) is 9.59 Å². The molecule has 0 atom stereocenters. The number of thiazole rings is 1. The minimum atomic E-state index is -0.628. The summed E-state index contributed by atoms with van der Waals surface area (Å²) >= 11 is 1.13. The third-order valence-corrected chi connectivity index (χ3v) is 3.36. The second-order valence-electron chi connectivity index (χ2n) is 3.91. The van der Waals surface area contributed by atoms with E-state index in [-0.39, 0.29) is 11.5 Å². The molecule has 1 amide bonds. The van der Waals surface area contributed by atoms with Crippen LogP contribution in [0.1, 0.15) is 32.3 Å². The fourth-order valence-electron chi connectivity index (χ4n) is 1.53. The van der Waals surface area contributed by atoms with Crippen molar-refractivity contribution in [3.05, 3.63) is 40.0 Å². The summed E-state index contributed by atoms with van der Waals surface area (Å²) in [6, 6.07) is 3.53. The van der Waals surface area contributed by atoms with E-state index < -0.39 is 5.91 Å². The third-order valence-electron chi connectivity index (χ3n) is 2.48. The van der Waals surface area contributed by atoms with Gasteiger partial charge in [0.15, 0.2) is 10.8 Å². The molecule has 0 saturated carbocycles. The van der Waals surface area contributed by atoms with Gasteiger partial charge in [0.25, 0.3) is 5.91 Å². The van der Waals surface area contributed by atoms with Crippen molar-refractivity contribution >= 4 is 28.8 Å². The Morgan fingerprint density at radius 1 is 1.37 bits per heavy atom. The first kappa shape index (κ1) is 13.2. The molecule has 0 fully saturated rings. The van der Waals surface area contributed by atoms with Crippen molar-refractivity contribution in [2.24, 2.45) is 5.73 Å². The summed E-state index contributed by atoms with van der Waals surface area (Å²) in [5, 5.41) is 1.79. The van der Waals surface area contributed by atoms with E-state index in [4.69, 9.17) is 11.5 Å². The van der Waals surface area contributed by atoms with Crippen LogP contribution in [0.15, 0.2) is 23.7 Å². The highest BCUT2D eigenvalue weighted by atomic mass is 32.1. The number of rotatable bonds is 5. The van der Waals surface area contributed by atoms with E-state index in [0.29, 0.717) is 23.7 Å². The summed E-state index contributed by atoms with van der Waals surface area (Å²) in [6.07, 6.45) is 2.45. The SMILES string of the molecule is NC(=O)c1csc(C(=O)CCc2ccnc(N)c2)n1. The highest BCUT2D eigenvalue weighted by molar-refractivity contribution is 7.11. The van der Waals surface area contributed by atoms with Crippen molar-refractivity contribution < 1.29 is 9.59 Å². The molecule has 0 aliphatic rings. The number of aryl methyl sites for hydroxylation is 1. The number of ketones is 1. The molecule has 2 aromatic heterocycles. The first-order valence-electron chi connectivity index (χ1n) is 5.55. The van der Waals surface area contributed by atoms with E-state index in [0.717, 1.165) is 16.9 Å². The maximum atomic E-state index is 11.9. The molecule has 0 saturated heterocycles. The van der Waals surface area contributed by atoms with Gasteiger partial charge in [0, 0.05) is 18.0 Å². The van der Waals surface area contributed by atoms with E-state index in [1.165, 1.54) is 5.38 Å². The summed E-state index contributed by atoms with van der Waals surface area (Å²) in [7, 11) is 0. The number of aromatic nitrogens is 2. The minimum Gasteiger partial charge on any atom is -0.384 e. The lowest BCUT2D eigenvalue weighted by Gasteiger charge is -2.00. The monoisotopic (exact) mass is 276 g/mol. The van der Waals surface area contributed by atoms with Crippen LogP contribution in [0.25, 0.3) is 0 Å². The Balaban J connectivity index is 1.99. The quantitative estimate of drug-likeness (QED) is 0.792. The van der Waals surface area contributed by atoms with E-state index in [1.54, 1.807) is 18.3 Å². The van der Waals surface area contributed by atoms with Crippen LogP contribution in [-0.2, 0) is 6.42 Å². The molecular formula is C12H12N4O2S. The van der Waals surface area contributed by atoms with Gasteiger partial charge in [-0.15, -0.1) is 11.3 Å². The van der Waals surface area contributed by atoms with Gasteiger partial charge in [-0.25, -0.2) is 9.97 Å². The van der Waals surface area contributed by atoms with E-state index >= 15 is 0 Å². The van der Waals surface area contributed by atoms with Gasteiger partial charge in [-0.1, -0.05) is 0 Å². The highest BCUT2D eigenvalue weighted by Gasteiger charge is 2.13. The molecule has 19 heavy (non-hydrogen) atoms. The van der Waals surface area contributed by atoms with E-state index in [2.05, 4.69) is 9.97 Å².